The maximum atomic E-state index is 5.61. The predicted molar refractivity (Wildman–Crippen MR) is 129 cm³/mol. The number of hydrogen-bond donors (Lipinski definition) is 1. The molecule has 5 nitrogen and oxygen atoms in total. The molecule has 1 unspecified atom stereocenters. The zero-order valence-electron chi connectivity index (χ0n) is 19.3. The van der Waals surface area contributed by atoms with Gasteiger partial charge in [-0.25, -0.2) is 9.97 Å². The molecule has 0 fully saturated rings. The largest absolute Gasteiger partial charge is 0.494 e. The molecule has 0 aliphatic carbocycles. The highest BCUT2D eigenvalue weighted by molar-refractivity contribution is 5.63. The van der Waals surface area contributed by atoms with Crippen LogP contribution >= 0.6 is 0 Å². The quantitative estimate of drug-likeness (QED) is 0.437. The Labute approximate surface area is 186 Å². The zero-order valence-corrected chi connectivity index (χ0v) is 19.3. The van der Waals surface area contributed by atoms with E-state index in [0.29, 0.717) is 24.4 Å². The molecule has 0 bridgehead atoms. The molecule has 0 saturated heterocycles. The third-order valence-corrected chi connectivity index (χ3v) is 5.47. The van der Waals surface area contributed by atoms with Crippen LogP contribution in [0.4, 0.5) is 11.6 Å². The lowest BCUT2D eigenvalue weighted by Gasteiger charge is -2.24. The highest BCUT2D eigenvalue weighted by Crippen LogP contribution is 2.24. The fourth-order valence-corrected chi connectivity index (χ4v) is 3.45. The Hall–Kier alpha value is -2.92. The van der Waals surface area contributed by atoms with Gasteiger partial charge >= 0.3 is 0 Å². The summed E-state index contributed by atoms with van der Waals surface area (Å²) in [5.74, 6) is 2.78. The Bertz CT molecular complexity index is 973. The van der Waals surface area contributed by atoms with Crippen LogP contribution in [-0.2, 0) is 6.54 Å². The second-order valence-corrected chi connectivity index (χ2v) is 8.47. The number of anilines is 2. The van der Waals surface area contributed by atoms with Crippen molar-refractivity contribution in [1.29, 1.82) is 0 Å². The van der Waals surface area contributed by atoms with E-state index < -0.39 is 0 Å². The molecule has 0 spiro atoms. The molecule has 31 heavy (non-hydrogen) atoms. The Morgan fingerprint density at radius 2 is 1.84 bits per heavy atom. The van der Waals surface area contributed by atoms with Crippen molar-refractivity contribution in [3.63, 3.8) is 0 Å². The van der Waals surface area contributed by atoms with Crippen LogP contribution < -0.4 is 10.1 Å². The first-order chi connectivity index (χ1) is 14.9. The number of rotatable bonds is 10. The molecule has 3 aromatic rings. The lowest BCUT2D eigenvalue weighted by Crippen LogP contribution is -2.26. The summed E-state index contributed by atoms with van der Waals surface area (Å²) in [4.78, 5) is 11.5. The molecule has 5 heteroatoms. The normalized spacial score (nSPS) is 12.2. The fourth-order valence-electron chi connectivity index (χ4n) is 3.45. The van der Waals surface area contributed by atoms with Crippen LogP contribution in [0, 0.1) is 11.8 Å². The van der Waals surface area contributed by atoms with Crippen molar-refractivity contribution >= 4 is 11.6 Å². The maximum Gasteiger partial charge on any atom is 0.227 e. The molecule has 0 aliphatic rings. The van der Waals surface area contributed by atoms with E-state index in [-0.39, 0.29) is 0 Å². The Morgan fingerprint density at radius 1 is 1.03 bits per heavy atom. The van der Waals surface area contributed by atoms with Gasteiger partial charge in [0.15, 0.2) is 0 Å². The van der Waals surface area contributed by atoms with Crippen LogP contribution in [0.25, 0.3) is 11.3 Å². The molecular weight excluding hydrogens is 384 g/mol. The van der Waals surface area contributed by atoms with Crippen molar-refractivity contribution in [1.82, 2.24) is 14.9 Å². The average molecular weight is 419 g/mol. The van der Waals surface area contributed by atoms with Gasteiger partial charge in [-0.15, -0.1) is 0 Å². The molecule has 164 valence electrons. The first kappa shape index (κ1) is 22.8. The second kappa shape index (κ2) is 10.9. The SMILES string of the molecule is CCOc1cccc(-c2ccnc(Nc3cccc(CN(C)CC(C)C(C)C)c3)n2)c1. The van der Waals surface area contributed by atoms with Gasteiger partial charge in [0, 0.05) is 30.5 Å². The minimum absolute atomic E-state index is 0.582. The van der Waals surface area contributed by atoms with Gasteiger partial charge in [0.1, 0.15) is 5.75 Å². The fraction of sp³-hybridized carbons (Fsp3) is 0.385. The van der Waals surface area contributed by atoms with Crippen LogP contribution in [0.15, 0.2) is 60.8 Å². The van der Waals surface area contributed by atoms with Gasteiger partial charge in [-0.1, -0.05) is 45.0 Å². The summed E-state index contributed by atoms with van der Waals surface area (Å²) in [6.45, 7) is 11.5. The van der Waals surface area contributed by atoms with Crippen molar-refractivity contribution in [2.45, 2.75) is 34.2 Å². The van der Waals surface area contributed by atoms with Gasteiger partial charge < -0.3 is 15.0 Å². The lowest BCUT2D eigenvalue weighted by molar-refractivity contribution is 0.243. The Kier molecular flexibility index (Phi) is 8.01. The van der Waals surface area contributed by atoms with E-state index in [9.17, 15) is 0 Å². The van der Waals surface area contributed by atoms with Gasteiger partial charge in [0.25, 0.3) is 0 Å². The van der Waals surface area contributed by atoms with Crippen molar-refractivity contribution < 1.29 is 4.74 Å². The monoisotopic (exact) mass is 418 g/mol. The maximum absolute atomic E-state index is 5.61. The topological polar surface area (TPSA) is 50.3 Å². The first-order valence-corrected chi connectivity index (χ1v) is 11.1. The lowest BCUT2D eigenvalue weighted by atomic mass is 9.97. The van der Waals surface area contributed by atoms with Crippen LogP contribution in [0.3, 0.4) is 0 Å². The smallest absolute Gasteiger partial charge is 0.227 e. The molecule has 0 aliphatic heterocycles. The molecular formula is C26H34N4O. The van der Waals surface area contributed by atoms with Crippen LogP contribution in [0.5, 0.6) is 5.75 Å². The number of benzene rings is 2. The van der Waals surface area contributed by atoms with E-state index in [1.807, 2.05) is 43.3 Å². The average Bonchev–Trinajstić information content (AvgIpc) is 2.74. The summed E-state index contributed by atoms with van der Waals surface area (Å²) < 4.78 is 5.61. The molecule has 1 N–H and O–H groups in total. The summed E-state index contributed by atoms with van der Waals surface area (Å²) in [5, 5.41) is 3.35. The number of ether oxygens (including phenoxy) is 1. The van der Waals surface area contributed by atoms with E-state index in [1.165, 1.54) is 5.56 Å². The summed E-state index contributed by atoms with van der Waals surface area (Å²) >= 11 is 0. The number of aromatic nitrogens is 2. The minimum atomic E-state index is 0.582. The third-order valence-electron chi connectivity index (χ3n) is 5.47. The van der Waals surface area contributed by atoms with Gasteiger partial charge in [-0.3, -0.25) is 0 Å². The van der Waals surface area contributed by atoms with Crippen molar-refractivity contribution in [3.8, 4) is 17.0 Å². The Morgan fingerprint density at radius 3 is 2.61 bits per heavy atom. The molecule has 0 amide bonds. The molecule has 1 aromatic heterocycles. The Balaban J connectivity index is 1.70. The summed E-state index contributed by atoms with van der Waals surface area (Å²) in [6.07, 6.45) is 1.78. The van der Waals surface area contributed by atoms with E-state index in [4.69, 9.17) is 9.72 Å². The van der Waals surface area contributed by atoms with Gasteiger partial charge in [-0.05, 0) is 61.7 Å². The number of nitrogens with zero attached hydrogens (tertiary/aromatic N) is 3. The number of nitrogens with one attached hydrogen (secondary N) is 1. The summed E-state index contributed by atoms with van der Waals surface area (Å²) in [7, 11) is 2.18. The van der Waals surface area contributed by atoms with E-state index in [1.54, 1.807) is 6.20 Å². The molecule has 3 rings (SSSR count). The third kappa shape index (κ3) is 6.79. The molecule has 0 radical (unpaired) electrons. The van der Waals surface area contributed by atoms with E-state index in [2.05, 4.69) is 61.2 Å². The van der Waals surface area contributed by atoms with E-state index >= 15 is 0 Å². The number of hydrogen-bond acceptors (Lipinski definition) is 5. The highest BCUT2D eigenvalue weighted by atomic mass is 16.5. The summed E-state index contributed by atoms with van der Waals surface area (Å²) in [6, 6.07) is 18.3. The van der Waals surface area contributed by atoms with E-state index in [0.717, 1.165) is 35.8 Å². The van der Waals surface area contributed by atoms with Crippen LogP contribution in [0.1, 0.15) is 33.3 Å². The predicted octanol–water partition coefficient (Wildman–Crippen LogP) is 6.01. The standard InChI is InChI=1S/C26H34N4O/c1-6-31-24-12-8-10-22(16-24)25-13-14-27-26(29-25)28-23-11-7-9-21(15-23)18-30(5)17-20(4)19(2)3/h7-16,19-20H,6,17-18H2,1-5H3,(H,27,28,29). The van der Waals surface area contributed by atoms with Gasteiger partial charge in [-0.2, -0.15) is 0 Å². The van der Waals surface area contributed by atoms with Crippen molar-refractivity contribution in [3.05, 3.63) is 66.4 Å². The second-order valence-electron chi connectivity index (χ2n) is 8.47. The molecule has 1 heterocycles. The van der Waals surface area contributed by atoms with Crippen LogP contribution in [-0.4, -0.2) is 35.1 Å². The van der Waals surface area contributed by atoms with Crippen LogP contribution in [0.2, 0.25) is 0 Å². The zero-order chi connectivity index (χ0) is 22.2. The van der Waals surface area contributed by atoms with Gasteiger partial charge in [0.2, 0.25) is 5.95 Å². The molecule has 1 atom stereocenters. The van der Waals surface area contributed by atoms with Crippen molar-refractivity contribution in [2.75, 3.05) is 25.5 Å². The molecule has 2 aromatic carbocycles. The first-order valence-electron chi connectivity index (χ1n) is 11.1. The molecule has 0 saturated carbocycles. The van der Waals surface area contributed by atoms with Gasteiger partial charge in [0.05, 0.1) is 12.3 Å². The minimum Gasteiger partial charge on any atom is -0.494 e. The summed E-state index contributed by atoms with van der Waals surface area (Å²) in [5.41, 5.74) is 4.12. The van der Waals surface area contributed by atoms with Crippen molar-refractivity contribution in [2.24, 2.45) is 11.8 Å². The highest BCUT2D eigenvalue weighted by Gasteiger charge is 2.11.